The summed E-state index contributed by atoms with van der Waals surface area (Å²) in [7, 11) is 0. The van der Waals surface area contributed by atoms with E-state index in [4.69, 9.17) is 14.7 Å². The van der Waals surface area contributed by atoms with Gasteiger partial charge in [-0.15, -0.1) is 0 Å². The van der Waals surface area contributed by atoms with Crippen LogP contribution in [-0.2, 0) is 24.1 Å². The van der Waals surface area contributed by atoms with Crippen LogP contribution in [0, 0.1) is 0 Å². The molecule has 0 atom stereocenters. The number of ether oxygens (including phenoxy) is 1. The molecule has 2 aliphatic heterocycles. The highest BCUT2D eigenvalue weighted by atomic mass is 16.5. The maximum Gasteiger partial charge on any atom is 0.227 e. The normalized spacial score (nSPS) is 18.6. The second-order valence-electron chi connectivity index (χ2n) is 10.4. The van der Waals surface area contributed by atoms with Crippen LogP contribution in [0.25, 0.3) is 0 Å². The van der Waals surface area contributed by atoms with Crippen molar-refractivity contribution in [2.45, 2.75) is 44.6 Å². The van der Waals surface area contributed by atoms with Crippen molar-refractivity contribution in [3.63, 3.8) is 0 Å². The number of aromatic nitrogens is 2. The van der Waals surface area contributed by atoms with Crippen LogP contribution in [0.2, 0.25) is 0 Å². The summed E-state index contributed by atoms with van der Waals surface area (Å²) >= 11 is 0. The van der Waals surface area contributed by atoms with E-state index in [9.17, 15) is 4.79 Å². The van der Waals surface area contributed by atoms with Gasteiger partial charge in [0.2, 0.25) is 11.9 Å². The smallest absolute Gasteiger partial charge is 0.227 e. The third-order valence-electron chi connectivity index (χ3n) is 7.98. The molecule has 0 radical (unpaired) electrons. The Morgan fingerprint density at radius 2 is 1.68 bits per heavy atom. The summed E-state index contributed by atoms with van der Waals surface area (Å²) < 4.78 is 5.95. The topological polar surface area (TPSA) is 61.8 Å². The van der Waals surface area contributed by atoms with Crippen molar-refractivity contribution in [2.24, 2.45) is 0 Å². The predicted octanol–water partition coefficient (Wildman–Crippen LogP) is 4.11. The minimum absolute atomic E-state index is 0.143. The van der Waals surface area contributed by atoms with E-state index in [1.807, 2.05) is 65.7 Å². The monoisotopic (exact) mass is 497 g/mol. The van der Waals surface area contributed by atoms with Crippen molar-refractivity contribution in [1.29, 1.82) is 0 Å². The van der Waals surface area contributed by atoms with Gasteiger partial charge >= 0.3 is 0 Å². The van der Waals surface area contributed by atoms with Gasteiger partial charge in [0.05, 0.1) is 12.1 Å². The Balaban J connectivity index is 1.05. The molecule has 0 spiro atoms. The van der Waals surface area contributed by atoms with E-state index in [0.29, 0.717) is 19.5 Å². The number of para-hydroxylation sites is 1. The second-order valence-corrected chi connectivity index (χ2v) is 10.4. The quantitative estimate of drug-likeness (QED) is 0.511. The SMILES string of the molecule is O=C(Cc1cccc(Oc2ccccc2)c1)N1CCc2cnc(N3CCN(C4CCC4)CC3)nc2CC1. The Hall–Kier alpha value is -3.45. The molecule has 3 heterocycles. The zero-order valence-corrected chi connectivity index (χ0v) is 21.4. The fourth-order valence-electron chi connectivity index (χ4n) is 5.54. The lowest BCUT2D eigenvalue weighted by atomic mass is 9.91. The molecule has 0 unspecified atom stereocenters. The van der Waals surface area contributed by atoms with Crippen molar-refractivity contribution in [3.8, 4) is 11.5 Å². The molecule has 1 aromatic heterocycles. The third kappa shape index (κ3) is 5.62. The first kappa shape index (κ1) is 23.9. The predicted molar refractivity (Wildman–Crippen MR) is 144 cm³/mol. The maximum absolute atomic E-state index is 13.2. The van der Waals surface area contributed by atoms with Gasteiger partial charge in [0.1, 0.15) is 11.5 Å². The molecular weight excluding hydrogens is 462 g/mol. The standard InChI is InChI=1S/C30H35N5O2/c36-29(21-23-6-4-11-27(20-23)37-26-9-2-1-3-10-26)34-14-12-24-22-31-30(32-28(24)13-15-34)35-18-16-33(17-19-35)25-7-5-8-25/h1-4,6,9-11,20,22,25H,5,7-8,12-19,21H2. The van der Waals surface area contributed by atoms with Crippen molar-refractivity contribution in [2.75, 3.05) is 44.2 Å². The number of rotatable bonds is 6. The first-order valence-corrected chi connectivity index (χ1v) is 13.6. The molecule has 1 saturated heterocycles. The van der Waals surface area contributed by atoms with Gasteiger partial charge < -0.3 is 14.5 Å². The number of hydrogen-bond donors (Lipinski definition) is 0. The summed E-state index contributed by atoms with van der Waals surface area (Å²) in [5.41, 5.74) is 3.23. The van der Waals surface area contributed by atoms with Crippen LogP contribution < -0.4 is 9.64 Å². The van der Waals surface area contributed by atoms with Crippen molar-refractivity contribution >= 4 is 11.9 Å². The van der Waals surface area contributed by atoms with Gasteiger partial charge in [-0.05, 0) is 54.7 Å². The molecule has 2 aromatic carbocycles. The molecule has 0 bridgehead atoms. The summed E-state index contributed by atoms with van der Waals surface area (Å²) in [6.45, 7) is 5.59. The number of amides is 1. The van der Waals surface area contributed by atoms with E-state index in [0.717, 1.165) is 73.8 Å². The van der Waals surface area contributed by atoms with Crippen LogP contribution in [0.1, 0.15) is 36.1 Å². The molecule has 7 nitrogen and oxygen atoms in total. The van der Waals surface area contributed by atoms with E-state index in [2.05, 4.69) is 9.80 Å². The van der Waals surface area contributed by atoms with E-state index >= 15 is 0 Å². The summed E-state index contributed by atoms with van der Waals surface area (Å²) in [4.78, 5) is 29.8. The lowest BCUT2D eigenvalue weighted by Gasteiger charge is -2.43. The van der Waals surface area contributed by atoms with Gasteiger partial charge in [-0.1, -0.05) is 36.8 Å². The molecule has 192 valence electrons. The lowest BCUT2D eigenvalue weighted by molar-refractivity contribution is -0.130. The molecule has 1 saturated carbocycles. The van der Waals surface area contributed by atoms with Gasteiger partial charge in [-0.3, -0.25) is 9.69 Å². The number of carbonyl (C=O) groups is 1. The molecule has 1 amide bonds. The number of hydrogen-bond acceptors (Lipinski definition) is 6. The van der Waals surface area contributed by atoms with Gasteiger partial charge in [0.25, 0.3) is 0 Å². The Bertz CT molecular complexity index is 1220. The Labute approximate surface area is 219 Å². The van der Waals surface area contributed by atoms with Crippen LogP contribution in [0.4, 0.5) is 5.95 Å². The first-order chi connectivity index (χ1) is 18.2. The molecule has 3 aliphatic rings. The largest absolute Gasteiger partial charge is 0.457 e. The number of piperazine rings is 1. The Kier molecular flexibility index (Phi) is 7.04. The van der Waals surface area contributed by atoms with Crippen LogP contribution in [-0.4, -0.2) is 71.0 Å². The molecular formula is C30H35N5O2. The lowest BCUT2D eigenvalue weighted by Crippen LogP contribution is -2.52. The molecule has 37 heavy (non-hydrogen) atoms. The van der Waals surface area contributed by atoms with Gasteiger partial charge in [-0.25, -0.2) is 9.97 Å². The Morgan fingerprint density at radius 3 is 2.46 bits per heavy atom. The number of anilines is 1. The fourth-order valence-corrected chi connectivity index (χ4v) is 5.54. The number of benzene rings is 2. The molecule has 0 N–H and O–H groups in total. The van der Waals surface area contributed by atoms with E-state index in [1.165, 1.54) is 24.8 Å². The van der Waals surface area contributed by atoms with Crippen molar-refractivity contribution in [3.05, 3.63) is 77.6 Å². The van der Waals surface area contributed by atoms with E-state index in [-0.39, 0.29) is 5.91 Å². The highest BCUT2D eigenvalue weighted by Crippen LogP contribution is 2.27. The van der Waals surface area contributed by atoms with Crippen LogP contribution in [0.3, 0.4) is 0 Å². The Morgan fingerprint density at radius 1 is 0.892 bits per heavy atom. The first-order valence-electron chi connectivity index (χ1n) is 13.6. The molecule has 6 rings (SSSR count). The summed E-state index contributed by atoms with van der Waals surface area (Å²) in [6.07, 6.45) is 8.03. The van der Waals surface area contributed by atoms with Crippen molar-refractivity contribution < 1.29 is 9.53 Å². The number of carbonyl (C=O) groups excluding carboxylic acids is 1. The summed E-state index contributed by atoms with van der Waals surface area (Å²) in [5, 5.41) is 0. The highest BCUT2D eigenvalue weighted by molar-refractivity contribution is 5.79. The minimum Gasteiger partial charge on any atom is -0.457 e. The van der Waals surface area contributed by atoms with E-state index < -0.39 is 0 Å². The van der Waals surface area contributed by atoms with E-state index in [1.54, 1.807) is 0 Å². The molecule has 7 heteroatoms. The van der Waals surface area contributed by atoms with Crippen molar-refractivity contribution in [1.82, 2.24) is 19.8 Å². The average Bonchev–Trinajstić information content (AvgIpc) is 3.11. The van der Waals surface area contributed by atoms with Crippen LogP contribution >= 0.6 is 0 Å². The molecule has 2 fully saturated rings. The average molecular weight is 498 g/mol. The zero-order chi connectivity index (χ0) is 25.0. The van der Waals surface area contributed by atoms with Crippen LogP contribution in [0.5, 0.6) is 11.5 Å². The van der Waals surface area contributed by atoms with Crippen LogP contribution in [0.15, 0.2) is 60.8 Å². The third-order valence-corrected chi connectivity index (χ3v) is 7.98. The minimum atomic E-state index is 0.143. The van der Waals surface area contributed by atoms with Gasteiger partial charge in [-0.2, -0.15) is 0 Å². The number of fused-ring (bicyclic) bond motifs is 1. The highest BCUT2D eigenvalue weighted by Gasteiger charge is 2.29. The summed E-state index contributed by atoms with van der Waals surface area (Å²) in [5.74, 6) is 2.53. The van der Waals surface area contributed by atoms with Gasteiger partial charge in [0.15, 0.2) is 0 Å². The summed E-state index contributed by atoms with van der Waals surface area (Å²) in [6, 6.07) is 18.3. The number of nitrogens with zero attached hydrogens (tertiary/aromatic N) is 5. The fraction of sp³-hybridized carbons (Fsp3) is 0.433. The molecule has 3 aromatic rings. The zero-order valence-electron chi connectivity index (χ0n) is 21.4. The molecule has 1 aliphatic carbocycles. The maximum atomic E-state index is 13.2. The van der Waals surface area contributed by atoms with Gasteiger partial charge in [0, 0.05) is 57.9 Å². The second kappa shape index (κ2) is 10.9.